The molecule has 0 aromatic heterocycles. The van der Waals surface area contributed by atoms with Gasteiger partial charge in [-0.1, -0.05) is 69.0 Å². The first kappa shape index (κ1) is 15.3. The fourth-order valence-corrected chi connectivity index (χ4v) is 2.96. The van der Waals surface area contributed by atoms with Gasteiger partial charge in [-0.05, 0) is 37.5 Å². The van der Waals surface area contributed by atoms with E-state index < -0.39 is 0 Å². The molecule has 0 amide bonds. The molecule has 0 radical (unpaired) electrons. The fraction of sp³-hybridized carbons (Fsp3) is 0.529. The van der Waals surface area contributed by atoms with Gasteiger partial charge in [0.25, 0.3) is 0 Å². The first-order valence-electron chi connectivity index (χ1n) is 7.17. The SMILES string of the molecule is C/C=C/C1(c2ccc(Cl)cc2)CCCCC1.CC. The van der Waals surface area contributed by atoms with Crippen LogP contribution in [0.5, 0.6) is 0 Å². The minimum Gasteiger partial charge on any atom is -0.0908 e. The highest BCUT2D eigenvalue weighted by Crippen LogP contribution is 2.40. The molecular formula is C17H25Cl. The Balaban J connectivity index is 0.000000771. The lowest BCUT2D eigenvalue weighted by Gasteiger charge is -2.35. The Morgan fingerprint density at radius 3 is 2.06 bits per heavy atom. The van der Waals surface area contributed by atoms with Crippen molar-refractivity contribution in [3.8, 4) is 0 Å². The van der Waals surface area contributed by atoms with Crippen LogP contribution >= 0.6 is 11.6 Å². The van der Waals surface area contributed by atoms with Crippen LogP contribution in [0.4, 0.5) is 0 Å². The molecule has 2 rings (SSSR count). The first-order valence-corrected chi connectivity index (χ1v) is 7.54. The van der Waals surface area contributed by atoms with E-state index in [1.807, 2.05) is 26.0 Å². The number of halogens is 1. The molecule has 0 bridgehead atoms. The van der Waals surface area contributed by atoms with Crippen molar-refractivity contribution in [2.75, 3.05) is 0 Å². The van der Waals surface area contributed by atoms with Gasteiger partial charge < -0.3 is 0 Å². The zero-order valence-electron chi connectivity index (χ0n) is 11.9. The van der Waals surface area contributed by atoms with Crippen LogP contribution in [0, 0.1) is 0 Å². The molecule has 1 aliphatic rings. The van der Waals surface area contributed by atoms with E-state index in [-0.39, 0.29) is 5.41 Å². The number of benzene rings is 1. The molecule has 1 heteroatoms. The number of rotatable bonds is 2. The smallest absolute Gasteiger partial charge is 0.0406 e. The van der Waals surface area contributed by atoms with E-state index in [4.69, 9.17) is 11.6 Å². The minimum atomic E-state index is 0.275. The van der Waals surface area contributed by atoms with Crippen molar-refractivity contribution in [1.82, 2.24) is 0 Å². The Morgan fingerprint density at radius 1 is 1.00 bits per heavy atom. The van der Waals surface area contributed by atoms with Crippen LogP contribution in [0.15, 0.2) is 36.4 Å². The maximum atomic E-state index is 5.96. The average Bonchev–Trinajstić information content (AvgIpc) is 2.43. The molecule has 1 saturated carbocycles. The molecule has 1 aromatic carbocycles. The van der Waals surface area contributed by atoms with Gasteiger partial charge in [0.15, 0.2) is 0 Å². The summed E-state index contributed by atoms with van der Waals surface area (Å²) in [5.74, 6) is 0. The molecular weight excluding hydrogens is 240 g/mol. The largest absolute Gasteiger partial charge is 0.0908 e. The maximum absolute atomic E-state index is 5.96. The van der Waals surface area contributed by atoms with Gasteiger partial charge in [0.05, 0.1) is 0 Å². The second-order valence-corrected chi connectivity index (χ2v) is 5.16. The van der Waals surface area contributed by atoms with E-state index >= 15 is 0 Å². The van der Waals surface area contributed by atoms with Crippen LogP contribution in [0.3, 0.4) is 0 Å². The molecule has 0 aliphatic heterocycles. The molecule has 0 N–H and O–H groups in total. The summed E-state index contributed by atoms with van der Waals surface area (Å²) in [6.45, 7) is 6.12. The quantitative estimate of drug-likeness (QED) is 0.563. The molecule has 0 nitrogen and oxygen atoms in total. The lowest BCUT2D eigenvalue weighted by atomic mass is 9.69. The monoisotopic (exact) mass is 264 g/mol. The van der Waals surface area contributed by atoms with Crippen LogP contribution in [-0.2, 0) is 5.41 Å². The summed E-state index contributed by atoms with van der Waals surface area (Å²) in [7, 11) is 0. The van der Waals surface area contributed by atoms with Gasteiger partial charge >= 0.3 is 0 Å². The van der Waals surface area contributed by atoms with Crippen molar-refractivity contribution in [1.29, 1.82) is 0 Å². The summed E-state index contributed by atoms with van der Waals surface area (Å²) in [5.41, 5.74) is 1.70. The summed E-state index contributed by atoms with van der Waals surface area (Å²) in [6, 6.07) is 8.40. The lowest BCUT2D eigenvalue weighted by molar-refractivity contribution is 0.357. The molecule has 100 valence electrons. The zero-order chi connectivity index (χ0) is 13.4. The van der Waals surface area contributed by atoms with Crippen molar-refractivity contribution in [2.45, 2.75) is 58.3 Å². The summed E-state index contributed by atoms with van der Waals surface area (Å²) in [5, 5.41) is 0.829. The molecule has 1 fully saturated rings. The third-order valence-corrected chi connectivity index (χ3v) is 3.90. The van der Waals surface area contributed by atoms with Crippen LogP contribution < -0.4 is 0 Å². The van der Waals surface area contributed by atoms with Gasteiger partial charge in [-0.15, -0.1) is 0 Å². The summed E-state index contributed by atoms with van der Waals surface area (Å²) in [6.07, 6.45) is 11.2. The van der Waals surface area contributed by atoms with E-state index in [1.165, 1.54) is 37.7 Å². The molecule has 1 aromatic rings. The van der Waals surface area contributed by atoms with Gasteiger partial charge in [-0.25, -0.2) is 0 Å². The maximum Gasteiger partial charge on any atom is 0.0406 e. The molecule has 18 heavy (non-hydrogen) atoms. The predicted molar refractivity (Wildman–Crippen MR) is 82.4 cm³/mol. The molecule has 0 heterocycles. The van der Waals surface area contributed by atoms with Crippen LogP contribution in [0.2, 0.25) is 5.02 Å². The molecule has 0 spiro atoms. The Hall–Kier alpha value is -0.750. The van der Waals surface area contributed by atoms with E-state index in [0.29, 0.717) is 0 Å². The van der Waals surface area contributed by atoms with Gasteiger partial charge in [0.1, 0.15) is 0 Å². The van der Waals surface area contributed by atoms with Gasteiger partial charge in [-0.3, -0.25) is 0 Å². The Bertz CT molecular complexity index is 356. The minimum absolute atomic E-state index is 0.275. The normalized spacial score (nSPS) is 18.2. The number of hydrogen-bond acceptors (Lipinski definition) is 0. The van der Waals surface area contributed by atoms with Crippen LogP contribution in [0.25, 0.3) is 0 Å². The van der Waals surface area contributed by atoms with Gasteiger partial charge in [0.2, 0.25) is 0 Å². The van der Waals surface area contributed by atoms with Crippen molar-refractivity contribution in [3.63, 3.8) is 0 Å². The fourth-order valence-electron chi connectivity index (χ4n) is 2.84. The second kappa shape index (κ2) is 7.63. The van der Waals surface area contributed by atoms with Crippen molar-refractivity contribution in [2.24, 2.45) is 0 Å². The van der Waals surface area contributed by atoms with Gasteiger partial charge in [0, 0.05) is 10.4 Å². The van der Waals surface area contributed by atoms with Crippen molar-refractivity contribution < 1.29 is 0 Å². The van der Waals surface area contributed by atoms with Crippen molar-refractivity contribution in [3.05, 3.63) is 47.0 Å². The first-order chi connectivity index (χ1) is 8.77. The van der Waals surface area contributed by atoms with Crippen LogP contribution in [-0.4, -0.2) is 0 Å². The Morgan fingerprint density at radius 2 is 1.56 bits per heavy atom. The number of hydrogen-bond donors (Lipinski definition) is 0. The van der Waals surface area contributed by atoms with Crippen molar-refractivity contribution >= 4 is 11.6 Å². The predicted octanol–water partition coefficient (Wildman–Crippen LogP) is 6.14. The molecule has 0 atom stereocenters. The summed E-state index contributed by atoms with van der Waals surface area (Å²) < 4.78 is 0. The highest BCUT2D eigenvalue weighted by atomic mass is 35.5. The van der Waals surface area contributed by atoms with E-state index in [1.54, 1.807) is 0 Å². The third-order valence-electron chi connectivity index (χ3n) is 3.65. The van der Waals surface area contributed by atoms with E-state index in [9.17, 15) is 0 Å². The van der Waals surface area contributed by atoms with E-state index in [0.717, 1.165) is 5.02 Å². The highest BCUT2D eigenvalue weighted by molar-refractivity contribution is 6.30. The molecule has 0 saturated heterocycles. The Kier molecular flexibility index (Phi) is 6.49. The second-order valence-electron chi connectivity index (χ2n) is 4.72. The van der Waals surface area contributed by atoms with E-state index in [2.05, 4.69) is 31.2 Å². The standard InChI is InChI=1S/C15H19Cl.C2H6/c1-2-10-15(11-4-3-5-12-15)13-6-8-14(16)9-7-13;1-2/h2,6-10H,3-5,11-12H2,1H3;1-2H3/b10-2+;. The summed E-state index contributed by atoms with van der Waals surface area (Å²) in [4.78, 5) is 0. The average molecular weight is 265 g/mol. The highest BCUT2D eigenvalue weighted by Gasteiger charge is 2.30. The number of allylic oxidation sites excluding steroid dienone is 2. The van der Waals surface area contributed by atoms with Gasteiger partial charge in [-0.2, -0.15) is 0 Å². The third kappa shape index (κ3) is 3.62. The summed E-state index contributed by atoms with van der Waals surface area (Å²) >= 11 is 5.96. The van der Waals surface area contributed by atoms with Crippen LogP contribution in [0.1, 0.15) is 58.4 Å². The topological polar surface area (TPSA) is 0 Å². The molecule has 0 unspecified atom stereocenters. The zero-order valence-corrected chi connectivity index (χ0v) is 12.6. The lowest BCUT2D eigenvalue weighted by Crippen LogP contribution is -2.26. The Labute approximate surface area is 117 Å². The molecule has 1 aliphatic carbocycles.